The van der Waals surface area contributed by atoms with Crippen molar-refractivity contribution in [1.82, 2.24) is 15.0 Å². The van der Waals surface area contributed by atoms with Gasteiger partial charge in [0.1, 0.15) is 5.75 Å². The van der Waals surface area contributed by atoms with Gasteiger partial charge in [0.25, 0.3) is 0 Å². The second kappa shape index (κ2) is 8.20. The molecule has 1 unspecified atom stereocenters. The normalized spacial score (nSPS) is 17.7. The van der Waals surface area contributed by atoms with Gasteiger partial charge in [0.2, 0.25) is 11.7 Å². The first-order valence-electron chi connectivity index (χ1n) is 9.34. The van der Waals surface area contributed by atoms with Crippen LogP contribution in [0.5, 0.6) is 5.75 Å². The maximum Gasteiger partial charge on any atom is 0.241 e. The third kappa shape index (κ3) is 3.98. The number of benzene rings is 2. The van der Waals surface area contributed by atoms with Gasteiger partial charge in [-0.05, 0) is 31.2 Å². The lowest BCUT2D eigenvalue weighted by atomic mass is 10.1. The van der Waals surface area contributed by atoms with Crippen molar-refractivity contribution in [3.8, 4) is 17.1 Å². The number of aromatic nitrogens is 2. The van der Waals surface area contributed by atoms with E-state index in [-0.39, 0.29) is 0 Å². The number of halogens is 1. The fourth-order valence-corrected chi connectivity index (χ4v) is 3.77. The molecule has 0 saturated carbocycles. The Kier molecular flexibility index (Phi) is 5.50. The minimum absolute atomic E-state index is 0.347. The first-order valence-corrected chi connectivity index (χ1v) is 9.72. The highest BCUT2D eigenvalue weighted by Gasteiger charge is 2.26. The zero-order valence-corrected chi connectivity index (χ0v) is 16.8. The molecule has 1 aliphatic rings. The third-order valence-corrected chi connectivity index (χ3v) is 5.32. The van der Waals surface area contributed by atoms with Crippen molar-refractivity contribution in [3.05, 3.63) is 59.4 Å². The zero-order valence-electron chi connectivity index (χ0n) is 16.0. The fourth-order valence-electron chi connectivity index (χ4n) is 3.58. The minimum atomic E-state index is 0.347. The van der Waals surface area contributed by atoms with E-state index in [9.17, 15) is 0 Å². The molecule has 0 radical (unpaired) electrons. The summed E-state index contributed by atoms with van der Waals surface area (Å²) in [6.45, 7) is 5.59. The van der Waals surface area contributed by atoms with Crippen molar-refractivity contribution in [2.75, 3.05) is 31.6 Å². The van der Waals surface area contributed by atoms with Gasteiger partial charge >= 0.3 is 0 Å². The Morgan fingerprint density at radius 2 is 2.04 bits per heavy atom. The van der Waals surface area contributed by atoms with Gasteiger partial charge in [-0.15, -0.1) is 0 Å². The molecule has 1 saturated heterocycles. The van der Waals surface area contributed by atoms with E-state index in [2.05, 4.69) is 32.9 Å². The summed E-state index contributed by atoms with van der Waals surface area (Å²) in [5.41, 5.74) is 1.99. The van der Waals surface area contributed by atoms with E-state index in [1.165, 1.54) is 0 Å². The Balaban J connectivity index is 1.42. The van der Waals surface area contributed by atoms with Crippen molar-refractivity contribution in [3.63, 3.8) is 0 Å². The standard InChI is InChI=1S/C21H23ClN4O2/c1-15-13-26(18-8-3-4-9-19(18)27-2)11-10-25(15)14-20-23-21(24-28-20)16-6-5-7-17(22)12-16/h3-9,12,15H,10-11,13-14H2,1-2H3. The van der Waals surface area contributed by atoms with Crippen molar-refractivity contribution >= 4 is 17.3 Å². The molecule has 7 heteroatoms. The van der Waals surface area contributed by atoms with Gasteiger partial charge in [0, 0.05) is 36.3 Å². The van der Waals surface area contributed by atoms with Crippen molar-refractivity contribution in [2.24, 2.45) is 0 Å². The molecule has 1 fully saturated rings. The molecule has 0 N–H and O–H groups in total. The number of methoxy groups -OCH3 is 1. The molecule has 0 amide bonds. The number of rotatable bonds is 5. The smallest absolute Gasteiger partial charge is 0.241 e. The molecule has 4 rings (SSSR count). The van der Waals surface area contributed by atoms with E-state index < -0.39 is 0 Å². The molecule has 1 aliphatic heterocycles. The van der Waals surface area contributed by atoms with Crippen LogP contribution in [0, 0.1) is 0 Å². The summed E-state index contributed by atoms with van der Waals surface area (Å²) in [5, 5.41) is 4.76. The van der Waals surface area contributed by atoms with Crippen LogP contribution in [0.3, 0.4) is 0 Å². The summed E-state index contributed by atoms with van der Waals surface area (Å²) in [6.07, 6.45) is 0. The highest BCUT2D eigenvalue weighted by atomic mass is 35.5. The van der Waals surface area contributed by atoms with Crippen LogP contribution in [0.1, 0.15) is 12.8 Å². The summed E-state index contributed by atoms with van der Waals surface area (Å²) in [6, 6.07) is 16.0. The summed E-state index contributed by atoms with van der Waals surface area (Å²) >= 11 is 6.05. The molecule has 3 aromatic rings. The van der Waals surface area contributed by atoms with Crippen LogP contribution in [0.15, 0.2) is 53.1 Å². The molecular weight excluding hydrogens is 376 g/mol. The number of hydrogen-bond acceptors (Lipinski definition) is 6. The van der Waals surface area contributed by atoms with E-state index in [1.54, 1.807) is 7.11 Å². The van der Waals surface area contributed by atoms with E-state index in [1.807, 2.05) is 42.5 Å². The van der Waals surface area contributed by atoms with Gasteiger partial charge < -0.3 is 14.2 Å². The summed E-state index contributed by atoms with van der Waals surface area (Å²) < 4.78 is 11.0. The maximum atomic E-state index is 6.05. The van der Waals surface area contributed by atoms with Gasteiger partial charge in [0.05, 0.1) is 19.3 Å². The lowest BCUT2D eigenvalue weighted by Crippen LogP contribution is -2.51. The summed E-state index contributed by atoms with van der Waals surface area (Å²) in [5.74, 6) is 2.09. The molecule has 0 aliphatic carbocycles. The quantitative estimate of drug-likeness (QED) is 0.644. The van der Waals surface area contributed by atoms with Crippen LogP contribution in [-0.2, 0) is 6.54 Å². The first-order chi connectivity index (χ1) is 13.6. The second-order valence-corrected chi connectivity index (χ2v) is 7.40. The van der Waals surface area contributed by atoms with E-state index in [4.69, 9.17) is 20.9 Å². The van der Waals surface area contributed by atoms with Crippen molar-refractivity contribution in [1.29, 1.82) is 0 Å². The van der Waals surface area contributed by atoms with Crippen molar-refractivity contribution in [2.45, 2.75) is 19.5 Å². The number of anilines is 1. The molecule has 28 heavy (non-hydrogen) atoms. The van der Waals surface area contributed by atoms with E-state index >= 15 is 0 Å². The zero-order chi connectivity index (χ0) is 19.5. The Hall–Kier alpha value is -2.57. The molecule has 2 heterocycles. The lowest BCUT2D eigenvalue weighted by molar-refractivity contribution is 0.159. The van der Waals surface area contributed by atoms with Crippen LogP contribution in [0.4, 0.5) is 5.69 Å². The van der Waals surface area contributed by atoms with Crippen LogP contribution in [0.2, 0.25) is 5.02 Å². The number of nitrogens with zero attached hydrogens (tertiary/aromatic N) is 4. The Labute approximate surface area is 169 Å². The number of ether oxygens (including phenoxy) is 1. The van der Waals surface area contributed by atoms with Gasteiger partial charge in [-0.1, -0.05) is 41.0 Å². The van der Waals surface area contributed by atoms with Gasteiger partial charge in [-0.25, -0.2) is 0 Å². The fraction of sp³-hybridized carbons (Fsp3) is 0.333. The number of para-hydroxylation sites is 2. The van der Waals surface area contributed by atoms with Crippen LogP contribution < -0.4 is 9.64 Å². The average Bonchev–Trinajstić information content (AvgIpc) is 3.18. The first kappa shape index (κ1) is 18.8. The van der Waals surface area contributed by atoms with E-state index in [0.29, 0.717) is 29.3 Å². The van der Waals surface area contributed by atoms with Crippen LogP contribution >= 0.6 is 11.6 Å². The summed E-state index contributed by atoms with van der Waals surface area (Å²) in [4.78, 5) is 9.27. The molecule has 6 nitrogen and oxygen atoms in total. The minimum Gasteiger partial charge on any atom is -0.495 e. The lowest BCUT2D eigenvalue weighted by Gasteiger charge is -2.40. The number of hydrogen-bond donors (Lipinski definition) is 0. The highest BCUT2D eigenvalue weighted by molar-refractivity contribution is 6.30. The summed E-state index contributed by atoms with van der Waals surface area (Å²) in [7, 11) is 1.71. The Bertz CT molecular complexity index is 945. The molecule has 2 aromatic carbocycles. The van der Waals surface area contributed by atoms with Crippen LogP contribution in [0.25, 0.3) is 11.4 Å². The molecule has 0 spiro atoms. The maximum absolute atomic E-state index is 6.05. The predicted molar refractivity (Wildman–Crippen MR) is 110 cm³/mol. The largest absolute Gasteiger partial charge is 0.495 e. The molecular formula is C21H23ClN4O2. The number of piperazine rings is 1. The molecule has 0 bridgehead atoms. The van der Waals surface area contributed by atoms with Gasteiger partial charge in [0.15, 0.2) is 0 Å². The predicted octanol–water partition coefficient (Wildman–Crippen LogP) is 4.11. The van der Waals surface area contributed by atoms with E-state index in [0.717, 1.165) is 36.6 Å². The van der Waals surface area contributed by atoms with Crippen molar-refractivity contribution < 1.29 is 9.26 Å². The van der Waals surface area contributed by atoms with Gasteiger partial charge in [-0.3, -0.25) is 4.90 Å². The second-order valence-electron chi connectivity index (χ2n) is 6.96. The van der Waals surface area contributed by atoms with Crippen LogP contribution in [-0.4, -0.2) is 47.8 Å². The topological polar surface area (TPSA) is 54.6 Å². The molecule has 1 atom stereocenters. The van der Waals surface area contributed by atoms with Gasteiger partial charge in [-0.2, -0.15) is 4.98 Å². The third-order valence-electron chi connectivity index (χ3n) is 5.08. The Morgan fingerprint density at radius 1 is 1.18 bits per heavy atom. The molecule has 146 valence electrons. The highest BCUT2D eigenvalue weighted by Crippen LogP contribution is 2.30. The monoisotopic (exact) mass is 398 g/mol. The SMILES string of the molecule is COc1ccccc1N1CCN(Cc2nc(-c3cccc(Cl)c3)no2)C(C)C1. The Morgan fingerprint density at radius 3 is 2.82 bits per heavy atom. The average molecular weight is 399 g/mol. The molecule has 1 aromatic heterocycles.